The molecule has 0 saturated heterocycles. The van der Waals surface area contributed by atoms with Crippen LogP contribution < -0.4 is 0 Å². The Hall–Kier alpha value is -7.16. The number of nitrogens with one attached hydrogen (secondary N) is 1. The maximum atomic E-state index is 8.98. The van der Waals surface area contributed by atoms with E-state index in [9.17, 15) is 0 Å². The summed E-state index contributed by atoms with van der Waals surface area (Å²) in [5.41, 5.74) is 14.2. The van der Waals surface area contributed by atoms with Crippen molar-refractivity contribution in [2.24, 2.45) is 4.99 Å². The zero-order valence-electron chi connectivity index (χ0n) is 32.0. The minimum atomic E-state index is -0.0797. The van der Waals surface area contributed by atoms with E-state index in [-0.39, 0.29) is 5.41 Å². The summed E-state index contributed by atoms with van der Waals surface area (Å²) in [5, 5.41) is 16.1. The molecule has 0 amide bonds. The molecule has 9 aromatic carbocycles. The average molecular weight is 729 g/mol. The maximum Gasteiger partial charge on any atom is 0.0729 e. The van der Waals surface area contributed by atoms with E-state index in [4.69, 9.17) is 10.4 Å². The van der Waals surface area contributed by atoms with Crippen LogP contribution in [0.25, 0.3) is 71.4 Å². The third kappa shape index (κ3) is 6.07. The van der Waals surface area contributed by atoms with E-state index in [1.54, 1.807) is 0 Å². The van der Waals surface area contributed by atoms with Gasteiger partial charge in [-0.3, -0.25) is 4.99 Å². The number of benzene rings is 9. The largest absolute Gasteiger partial charge is 0.300 e. The molecular formula is C55H40N2. The lowest BCUT2D eigenvalue weighted by Crippen LogP contribution is -2.15. The highest BCUT2D eigenvalue weighted by Gasteiger charge is 2.35. The molecule has 270 valence electrons. The van der Waals surface area contributed by atoms with Gasteiger partial charge in [-0.25, -0.2) is 0 Å². The molecule has 0 aromatic heterocycles. The molecule has 1 aliphatic carbocycles. The third-order valence-corrected chi connectivity index (χ3v) is 11.8. The van der Waals surface area contributed by atoms with Crippen molar-refractivity contribution in [3.8, 4) is 33.4 Å². The fourth-order valence-corrected chi connectivity index (χ4v) is 8.74. The highest BCUT2D eigenvalue weighted by molar-refractivity contribution is 6.13. The first-order valence-electron chi connectivity index (χ1n) is 19.6. The van der Waals surface area contributed by atoms with Crippen LogP contribution in [-0.2, 0) is 5.41 Å². The highest BCUT2D eigenvalue weighted by atomic mass is 14.7. The first-order chi connectivity index (χ1) is 27.9. The van der Waals surface area contributed by atoms with Crippen molar-refractivity contribution >= 4 is 49.9 Å². The Morgan fingerprint density at radius 2 is 1.07 bits per heavy atom. The Bertz CT molecular complexity index is 3090. The van der Waals surface area contributed by atoms with Crippen molar-refractivity contribution in [1.82, 2.24) is 0 Å². The predicted octanol–water partition coefficient (Wildman–Crippen LogP) is 14.3. The van der Waals surface area contributed by atoms with Gasteiger partial charge in [0.2, 0.25) is 0 Å². The minimum Gasteiger partial charge on any atom is -0.300 e. The van der Waals surface area contributed by atoms with Crippen LogP contribution in [0.4, 0.5) is 0 Å². The Morgan fingerprint density at radius 3 is 1.86 bits per heavy atom. The van der Waals surface area contributed by atoms with E-state index in [1.165, 1.54) is 60.7 Å². The van der Waals surface area contributed by atoms with Crippen LogP contribution in [0.15, 0.2) is 199 Å². The summed E-state index contributed by atoms with van der Waals surface area (Å²) in [6.45, 7) is 4.71. The van der Waals surface area contributed by atoms with Crippen molar-refractivity contribution in [3.63, 3.8) is 0 Å². The van der Waals surface area contributed by atoms with Crippen LogP contribution in [0, 0.1) is 5.41 Å². The van der Waals surface area contributed by atoms with Crippen molar-refractivity contribution in [1.29, 1.82) is 5.41 Å². The molecule has 0 radical (unpaired) electrons. The summed E-state index contributed by atoms with van der Waals surface area (Å²) in [5.74, 6) is 0. The molecule has 10 rings (SSSR count). The smallest absolute Gasteiger partial charge is 0.0729 e. The molecule has 0 saturated carbocycles. The molecule has 1 aliphatic rings. The van der Waals surface area contributed by atoms with Gasteiger partial charge in [-0.15, -0.1) is 0 Å². The van der Waals surface area contributed by atoms with Gasteiger partial charge in [-0.2, -0.15) is 0 Å². The number of allylic oxidation sites excluding steroid dienone is 1. The molecule has 1 N–H and O–H groups in total. The van der Waals surface area contributed by atoms with Crippen LogP contribution in [-0.4, -0.2) is 11.9 Å². The lowest BCUT2D eigenvalue weighted by molar-refractivity contribution is 0.661. The normalized spacial score (nSPS) is 13.3. The fraction of sp³-hybridized carbons (Fsp3) is 0.0545. The third-order valence-electron chi connectivity index (χ3n) is 11.8. The van der Waals surface area contributed by atoms with Crippen LogP contribution in [0.1, 0.15) is 41.7 Å². The van der Waals surface area contributed by atoms with E-state index < -0.39 is 0 Å². The van der Waals surface area contributed by atoms with Gasteiger partial charge >= 0.3 is 0 Å². The molecule has 9 aromatic rings. The van der Waals surface area contributed by atoms with Gasteiger partial charge in [0, 0.05) is 22.8 Å². The summed E-state index contributed by atoms with van der Waals surface area (Å²) in [6.07, 6.45) is 3.84. The summed E-state index contributed by atoms with van der Waals surface area (Å²) >= 11 is 0. The molecule has 0 aliphatic heterocycles. The number of fused-ring (bicyclic) bond motifs is 6. The molecule has 2 nitrogen and oxygen atoms in total. The molecular weight excluding hydrogens is 689 g/mol. The minimum absolute atomic E-state index is 0.0797. The molecule has 0 bridgehead atoms. The predicted molar refractivity (Wildman–Crippen MR) is 243 cm³/mol. The van der Waals surface area contributed by atoms with Crippen molar-refractivity contribution in [2.75, 3.05) is 0 Å². The fourth-order valence-electron chi connectivity index (χ4n) is 8.74. The van der Waals surface area contributed by atoms with Crippen LogP contribution in [0.3, 0.4) is 0 Å². The first-order valence-corrected chi connectivity index (χ1v) is 19.6. The SMILES string of the molecule is CC1(C)c2cc(-c3ccc(-c4ccc(C=N/C(=C\C(=N)c5ccccc5)c5cccc6ccccc56)c5ccccc45)cc3)ccc2-c2cc3ccccc3cc21. The van der Waals surface area contributed by atoms with Crippen LogP contribution >= 0.6 is 0 Å². The lowest BCUT2D eigenvalue weighted by atomic mass is 9.81. The quantitative estimate of drug-likeness (QED) is 0.159. The maximum absolute atomic E-state index is 8.98. The zero-order valence-corrected chi connectivity index (χ0v) is 32.0. The molecule has 0 heterocycles. The van der Waals surface area contributed by atoms with Crippen molar-refractivity contribution < 1.29 is 0 Å². The van der Waals surface area contributed by atoms with Gasteiger partial charge in [0.15, 0.2) is 0 Å². The van der Waals surface area contributed by atoms with Gasteiger partial charge in [0.25, 0.3) is 0 Å². The number of aliphatic imine (C=N–C) groups is 1. The standard InChI is InChI=1S/C55H40N2/c1-55(2)51-33-42(27-30-48(51)50-31-40-16-6-7-17-41(40)32-52(50)55)36-23-25-38(26-24-36)46-29-28-43(45-20-10-11-21-47(45)46)35-57-54(34-53(56)39-14-4-3-5-15-39)49-22-12-18-37-13-8-9-19-44(37)49/h3-35,56H,1-2H3/b54-34-,56-53?,57-35?. The molecule has 0 atom stereocenters. The zero-order chi connectivity index (χ0) is 38.5. The molecule has 2 heteroatoms. The van der Waals surface area contributed by atoms with Crippen molar-refractivity contribution in [2.45, 2.75) is 19.3 Å². The van der Waals surface area contributed by atoms with E-state index in [2.05, 4.69) is 172 Å². The molecule has 0 unspecified atom stereocenters. The van der Waals surface area contributed by atoms with Gasteiger partial charge in [0.05, 0.1) is 11.4 Å². The van der Waals surface area contributed by atoms with Crippen LogP contribution in [0.2, 0.25) is 0 Å². The topological polar surface area (TPSA) is 36.2 Å². The van der Waals surface area contributed by atoms with E-state index in [0.717, 1.165) is 38.5 Å². The Morgan fingerprint density at radius 1 is 0.474 bits per heavy atom. The summed E-state index contributed by atoms with van der Waals surface area (Å²) in [7, 11) is 0. The summed E-state index contributed by atoms with van der Waals surface area (Å²) in [6, 6.07) is 66.9. The summed E-state index contributed by atoms with van der Waals surface area (Å²) < 4.78 is 0. The van der Waals surface area contributed by atoms with E-state index in [0.29, 0.717) is 5.71 Å². The van der Waals surface area contributed by atoms with Gasteiger partial charge in [0.1, 0.15) is 0 Å². The van der Waals surface area contributed by atoms with Gasteiger partial charge in [-0.05, 0) is 107 Å². The Balaban J connectivity index is 0.988. The molecule has 0 fully saturated rings. The van der Waals surface area contributed by atoms with Crippen molar-refractivity contribution in [3.05, 3.63) is 222 Å². The molecule has 0 spiro atoms. The van der Waals surface area contributed by atoms with E-state index >= 15 is 0 Å². The number of hydrogen-bond donors (Lipinski definition) is 1. The monoisotopic (exact) mass is 728 g/mol. The Labute approximate surface area is 333 Å². The second kappa shape index (κ2) is 13.8. The second-order valence-electron chi connectivity index (χ2n) is 15.5. The average Bonchev–Trinajstić information content (AvgIpc) is 3.48. The number of hydrogen-bond acceptors (Lipinski definition) is 2. The highest BCUT2D eigenvalue weighted by Crippen LogP contribution is 2.51. The number of rotatable bonds is 7. The summed E-state index contributed by atoms with van der Waals surface area (Å²) in [4.78, 5) is 5.13. The number of nitrogens with zero attached hydrogens (tertiary/aromatic N) is 1. The lowest BCUT2D eigenvalue weighted by Gasteiger charge is -2.22. The van der Waals surface area contributed by atoms with Gasteiger partial charge in [-0.1, -0.05) is 184 Å². The second-order valence-corrected chi connectivity index (χ2v) is 15.5. The van der Waals surface area contributed by atoms with Crippen LogP contribution in [0.5, 0.6) is 0 Å². The van der Waals surface area contributed by atoms with E-state index in [1.807, 2.05) is 42.6 Å². The molecule has 57 heavy (non-hydrogen) atoms. The van der Waals surface area contributed by atoms with Gasteiger partial charge < -0.3 is 5.41 Å². The first kappa shape index (κ1) is 34.3. The Kier molecular flexibility index (Phi) is 8.34.